The summed E-state index contributed by atoms with van der Waals surface area (Å²) >= 11 is 0. The van der Waals surface area contributed by atoms with Gasteiger partial charge in [0.05, 0.1) is 30.4 Å². The van der Waals surface area contributed by atoms with Gasteiger partial charge in [0.15, 0.2) is 5.65 Å². The van der Waals surface area contributed by atoms with Crippen LogP contribution in [0, 0.1) is 5.82 Å². The summed E-state index contributed by atoms with van der Waals surface area (Å²) < 4.78 is 24.4. The molecular weight excluding hydrogens is 502 g/mol. The first-order chi connectivity index (χ1) is 18.4. The molecule has 5 aromatic rings. The Kier molecular flexibility index (Phi) is 7.20. The van der Waals surface area contributed by atoms with E-state index < -0.39 is 5.92 Å². The Morgan fingerprint density at radius 2 is 1.82 bits per heavy atom. The second-order valence-electron chi connectivity index (χ2n) is 8.72. The zero-order valence-corrected chi connectivity index (χ0v) is 22.5. The minimum absolute atomic E-state index is 0.152. The predicted octanol–water partition coefficient (Wildman–Crippen LogP) is 4.75. The van der Waals surface area contributed by atoms with Crippen molar-refractivity contribution in [2.24, 2.45) is 0 Å². The number of carbonyl (C=O) groups excluding carboxylic acids is 1. The number of halogens is 1. The number of methoxy groups -OCH3 is 1. The van der Waals surface area contributed by atoms with E-state index in [1.54, 1.807) is 35.3 Å². The number of benzene rings is 2. The number of anilines is 1. The van der Waals surface area contributed by atoms with Gasteiger partial charge in [-0.1, -0.05) is 42.5 Å². The Labute approximate surface area is 222 Å². The minimum atomic E-state index is -0.498. The van der Waals surface area contributed by atoms with Crippen LogP contribution in [0.15, 0.2) is 67.0 Å². The van der Waals surface area contributed by atoms with Gasteiger partial charge in [0.2, 0.25) is 5.88 Å². The van der Waals surface area contributed by atoms with Gasteiger partial charge in [-0.2, -0.15) is 10.1 Å². The van der Waals surface area contributed by atoms with E-state index in [1.807, 2.05) is 48.7 Å². The summed E-state index contributed by atoms with van der Waals surface area (Å²) in [6.07, 6.45) is 3.34. The Hall–Kier alpha value is -4.10. The zero-order valence-electron chi connectivity index (χ0n) is 21.4. The highest BCUT2D eigenvalue weighted by Gasteiger charge is 2.29. The Morgan fingerprint density at radius 1 is 1.08 bits per heavy atom. The second kappa shape index (κ2) is 10.7. The number of imidazole rings is 1. The van der Waals surface area contributed by atoms with E-state index in [0.29, 0.717) is 41.3 Å². The first-order valence-electron chi connectivity index (χ1n) is 12.3. The van der Waals surface area contributed by atoms with Crippen LogP contribution in [0.25, 0.3) is 11.2 Å². The lowest BCUT2D eigenvalue weighted by Gasteiger charge is -2.21. The highest BCUT2D eigenvalue weighted by Crippen LogP contribution is 2.35. The van der Waals surface area contributed by atoms with E-state index in [-0.39, 0.29) is 23.2 Å². The molecular formula is C28H28FN6O2P. The van der Waals surface area contributed by atoms with Crippen LogP contribution < -0.4 is 15.4 Å². The molecule has 0 aliphatic heterocycles. The van der Waals surface area contributed by atoms with Crippen molar-refractivity contribution >= 4 is 37.3 Å². The van der Waals surface area contributed by atoms with Gasteiger partial charge >= 0.3 is 0 Å². The molecule has 0 saturated heterocycles. The third-order valence-corrected chi connectivity index (χ3v) is 7.01. The Morgan fingerprint density at radius 3 is 2.47 bits per heavy atom. The van der Waals surface area contributed by atoms with Crippen LogP contribution in [-0.4, -0.2) is 37.3 Å². The average molecular weight is 531 g/mol. The molecule has 8 nitrogen and oxygen atoms in total. The lowest BCUT2D eigenvalue weighted by molar-refractivity contribution is 0.102. The molecule has 2 unspecified atom stereocenters. The number of pyridine rings is 1. The number of ether oxygens (including phenoxy) is 1. The number of nitrogens with one attached hydrogen (secondary N) is 1. The lowest BCUT2D eigenvalue weighted by Crippen LogP contribution is -2.17. The first kappa shape index (κ1) is 25.5. The van der Waals surface area contributed by atoms with Gasteiger partial charge in [0.1, 0.15) is 17.2 Å². The maximum absolute atomic E-state index is 15.2. The molecule has 1 amide bonds. The van der Waals surface area contributed by atoms with Crippen molar-refractivity contribution in [2.75, 3.05) is 12.4 Å². The monoisotopic (exact) mass is 530 g/mol. The molecule has 0 bridgehead atoms. The molecule has 5 rings (SSSR count). The molecule has 0 saturated carbocycles. The summed E-state index contributed by atoms with van der Waals surface area (Å²) in [6, 6.07) is 16.3. The van der Waals surface area contributed by atoms with Crippen molar-refractivity contribution < 1.29 is 13.9 Å². The quantitative estimate of drug-likeness (QED) is 0.293. The number of fused-ring (bicyclic) bond motifs is 1. The number of amides is 1. The molecule has 0 aliphatic carbocycles. The number of aryl methyl sites for hydroxylation is 2. The fourth-order valence-corrected chi connectivity index (χ4v) is 5.02. The van der Waals surface area contributed by atoms with Gasteiger partial charge in [-0.3, -0.25) is 9.48 Å². The van der Waals surface area contributed by atoms with Crippen LogP contribution in [-0.2, 0) is 13.1 Å². The largest absolute Gasteiger partial charge is 0.480 e. The second-order valence-corrected chi connectivity index (χ2v) is 9.35. The highest BCUT2D eigenvalue weighted by atomic mass is 31.0. The van der Waals surface area contributed by atoms with Crippen molar-refractivity contribution in [3.05, 3.63) is 95.3 Å². The fourth-order valence-electron chi connectivity index (χ4n) is 4.65. The normalized spacial score (nSPS) is 12.0. The molecule has 194 valence electrons. The summed E-state index contributed by atoms with van der Waals surface area (Å²) in [5.41, 5.74) is 3.31. The van der Waals surface area contributed by atoms with Gasteiger partial charge in [-0.05, 0) is 36.8 Å². The summed E-state index contributed by atoms with van der Waals surface area (Å²) in [4.78, 5) is 22.7. The zero-order chi connectivity index (χ0) is 26.8. The number of hydrogen-bond acceptors (Lipinski definition) is 5. The molecule has 0 fully saturated rings. The number of nitrogens with zero attached hydrogens (tertiary/aromatic N) is 5. The van der Waals surface area contributed by atoms with E-state index in [4.69, 9.17) is 9.72 Å². The van der Waals surface area contributed by atoms with Gasteiger partial charge in [-0.25, -0.2) is 9.37 Å². The fraction of sp³-hybridized carbons (Fsp3) is 0.214. The van der Waals surface area contributed by atoms with Crippen molar-refractivity contribution in [2.45, 2.75) is 32.9 Å². The van der Waals surface area contributed by atoms with Gasteiger partial charge in [0.25, 0.3) is 5.91 Å². The third kappa shape index (κ3) is 4.65. The molecule has 2 atom stereocenters. The van der Waals surface area contributed by atoms with Gasteiger partial charge in [0, 0.05) is 24.8 Å². The van der Waals surface area contributed by atoms with Crippen molar-refractivity contribution in [3.8, 4) is 5.88 Å². The predicted molar refractivity (Wildman–Crippen MR) is 149 cm³/mol. The number of aromatic nitrogens is 5. The van der Waals surface area contributed by atoms with Crippen LogP contribution in [0.1, 0.15) is 47.1 Å². The topological polar surface area (TPSA) is 86.9 Å². The van der Waals surface area contributed by atoms with E-state index >= 15 is 4.39 Å². The van der Waals surface area contributed by atoms with E-state index in [0.717, 1.165) is 10.9 Å². The van der Waals surface area contributed by atoms with Crippen LogP contribution in [0.3, 0.4) is 0 Å². The Balaban J connectivity index is 1.68. The maximum Gasteiger partial charge on any atom is 0.261 e. The summed E-state index contributed by atoms with van der Waals surface area (Å²) in [7, 11) is 4.20. The average Bonchev–Trinajstić information content (AvgIpc) is 3.53. The SMILES string of the molecule is CCn1cc(NC(=O)c2cc3c(nc2OC)nc(C(c2ccccc2F)c2ccccc2P)n3CC)cn1. The molecule has 10 heteroatoms. The number of hydrogen-bond donors (Lipinski definition) is 1. The molecule has 3 heterocycles. The van der Waals surface area contributed by atoms with Crippen LogP contribution in [0.5, 0.6) is 5.88 Å². The molecule has 0 aliphatic rings. The molecule has 0 spiro atoms. The lowest BCUT2D eigenvalue weighted by atomic mass is 9.90. The van der Waals surface area contributed by atoms with Crippen molar-refractivity contribution in [1.29, 1.82) is 0 Å². The molecule has 1 N–H and O–H groups in total. The van der Waals surface area contributed by atoms with E-state index in [9.17, 15) is 4.79 Å². The smallest absolute Gasteiger partial charge is 0.261 e. The maximum atomic E-state index is 15.2. The van der Waals surface area contributed by atoms with Crippen molar-refractivity contribution in [3.63, 3.8) is 0 Å². The van der Waals surface area contributed by atoms with Crippen LogP contribution in [0.2, 0.25) is 0 Å². The molecule has 3 aromatic heterocycles. The standard InChI is InChI=1S/C28H28FN6O2P/c1-4-34-16-17(15-30-34)31-27(36)20-14-22-25(33-28(20)37-3)32-26(35(22)5-2)24(18-10-6-8-12-21(18)29)19-11-7-9-13-23(19)38/h6-16,24H,4-5,38H2,1-3H3,(H,31,36). The Bertz CT molecular complexity index is 1580. The number of rotatable bonds is 8. The van der Waals surface area contributed by atoms with Crippen LogP contribution in [0.4, 0.5) is 10.1 Å². The van der Waals surface area contributed by atoms with Crippen LogP contribution >= 0.6 is 9.24 Å². The van der Waals surface area contributed by atoms with E-state index in [2.05, 4.69) is 24.6 Å². The summed E-state index contributed by atoms with van der Waals surface area (Å²) in [5.74, 6) is -0.419. The van der Waals surface area contributed by atoms with E-state index in [1.165, 1.54) is 13.2 Å². The molecule has 38 heavy (non-hydrogen) atoms. The van der Waals surface area contributed by atoms with Gasteiger partial charge < -0.3 is 14.6 Å². The van der Waals surface area contributed by atoms with Gasteiger partial charge in [-0.15, -0.1) is 9.24 Å². The molecule has 2 aromatic carbocycles. The minimum Gasteiger partial charge on any atom is -0.480 e. The highest BCUT2D eigenvalue weighted by molar-refractivity contribution is 7.27. The summed E-state index contributed by atoms with van der Waals surface area (Å²) in [6.45, 7) is 5.17. The third-order valence-electron chi connectivity index (χ3n) is 6.49. The first-order valence-corrected chi connectivity index (χ1v) is 12.9. The molecule has 0 radical (unpaired) electrons. The van der Waals surface area contributed by atoms with Crippen molar-refractivity contribution in [1.82, 2.24) is 24.3 Å². The summed E-state index contributed by atoms with van der Waals surface area (Å²) in [5, 5.41) is 8.00. The number of carbonyl (C=O) groups is 1.